The summed E-state index contributed by atoms with van der Waals surface area (Å²) in [5.74, 6) is 1.72. The number of imidazole rings is 1. The molecule has 0 saturated heterocycles. The van der Waals surface area contributed by atoms with Gasteiger partial charge in [-0.15, -0.1) is 0 Å². The molecule has 0 bridgehead atoms. The van der Waals surface area contributed by atoms with Crippen LogP contribution in [0.15, 0.2) is 41.6 Å². The van der Waals surface area contributed by atoms with Crippen molar-refractivity contribution < 1.29 is 4.74 Å². The Morgan fingerprint density at radius 3 is 2.90 bits per heavy atom. The standard InChI is InChI=1S/C16H17N3OS/c1-10-3-6-15(20-2)11(7-10)9-21-16-18-13-5-4-12(17)8-14(13)19-16/h3-8H,9,17H2,1-2H3,(H,18,19). The van der Waals surface area contributed by atoms with Crippen molar-refractivity contribution in [3.63, 3.8) is 0 Å². The van der Waals surface area contributed by atoms with E-state index in [1.165, 1.54) is 11.1 Å². The van der Waals surface area contributed by atoms with E-state index in [0.29, 0.717) is 0 Å². The molecule has 0 aliphatic carbocycles. The van der Waals surface area contributed by atoms with Crippen LogP contribution < -0.4 is 10.5 Å². The summed E-state index contributed by atoms with van der Waals surface area (Å²) in [5.41, 5.74) is 10.8. The number of rotatable bonds is 4. The lowest BCUT2D eigenvalue weighted by atomic mass is 10.1. The zero-order valence-electron chi connectivity index (χ0n) is 12.0. The number of H-pyrrole nitrogens is 1. The van der Waals surface area contributed by atoms with E-state index in [-0.39, 0.29) is 0 Å². The number of nitrogens with zero attached hydrogens (tertiary/aromatic N) is 1. The van der Waals surface area contributed by atoms with Gasteiger partial charge in [0, 0.05) is 17.0 Å². The van der Waals surface area contributed by atoms with Gasteiger partial charge in [-0.3, -0.25) is 0 Å². The largest absolute Gasteiger partial charge is 0.496 e. The Labute approximate surface area is 127 Å². The van der Waals surface area contributed by atoms with Crippen molar-refractivity contribution in [3.05, 3.63) is 47.5 Å². The number of hydrogen-bond donors (Lipinski definition) is 2. The molecular weight excluding hydrogens is 282 g/mol. The first-order valence-corrected chi connectivity index (χ1v) is 7.66. The lowest BCUT2D eigenvalue weighted by Gasteiger charge is -2.08. The Bertz CT molecular complexity index is 782. The molecule has 0 atom stereocenters. The summed E-state index contributed by atoms with van der Waals surface area (Å²) in [6.07, 6.45) is 0. The molecule has 5 heteroatoms. The fourth-order valence-corrected chi connectivity index (χ4v) is 3.10. The number of methoxy groups -OCH3 is 1. The highest BCUT2D eigenvalue weighted by Crippen LogP contribution is 2.28. The molecule has 1 aromatic heterocycles. The molecule has 0 amide bonds. The number of ether oxygens (including phenoxy) is 1. The van der Waals surface area contributed by atoms with Gasteiger partial charge in [0.05, 0.1) is 18.1 Å². The molecular formula is C16H17N3OS. The molecule has 0 unspecified atom stereocenters. The van der Waals surface area contributed by atoms with Gasteiger partial charge in [-0.2, -0.15) is 0 Å². The van der Waals surface area contributed by atoms with E-state index >= 15 is 0 Å². The van der Waals surface area contributed by atoms with Crippen LogP contribution in [-0.4, -0.2) is 17.1 Å². The third kappa shape index (κ3) is 2.97. The van der Waals surface area contributed by atoms with E-state index in [1.54, 1.807) is 18.9 Å². The molecule has 3 aromatic rings. The van der Waals surface area contributed by atoms with Crippen molar-refractivity contribution in [2.75, 3.05) is 12.8 Å². The Kier molecular flexibility index (Phi) is 3.75. The number of hydrogen-bond acceptors (Lipinski definition) is 4. The summed E-state index contributed by atoms with van der Waals surface area (Å²) in [6.45, 7) is 2.08. The van der Waals surface area contributed by atoms with E-state index in [2.05, 4.69) is 29.0 Å². The lowest BCUT2D eigenvalue weighted by molar-refractivity contribution is 0.411. The maximum atomic E-state index is 5.78. The van der Waals surface area contributed by atoms with E-state index in [4.69, 9.17) is 10.5 Å². The Morgan fingerprint density at radius 2 is 2.10 bits per heavy atom. The topological polar surface area (TPSA) is 63.9 Å². The van der Waals surface area contributed by atoms with Gasteiger partial charge in [-0.25, -0.2) is 4.98 Å². The normalized spacial score (nSPS) is 11.0. The minimum Gasteiger partial charge on any atom is -0.496 e. The van der Waals surface area contributed by atoms with Gasteiger partial charge in [0.1, 0.15) is 5.75 Å². The van der Waals surface area contributed by atoms with E-state index in [0.717, 1.165) is 33.4 Å². The van der Waals surface area contributed by atoms with E-state index < -0.39 is 0 Å². The molecule has 21 heavy (non-hydrogen) atoms. The second-order valence-electron chi connectivity index (χ2n) is 4.92. The van der Waals surface area contributed by atoms with E-state index in [9.17, 15) is 0 Å². The predicted octanol–water partition coefficient (Wildman–Crippen LogP) is 3.75. The van der Waals surface area contributed by atoms with Crippen LogP contribution in [0.1, 0.15) is 11.1 Å². The molecule has 1 heterocycles. The molecule has 0 fully saturated rings. The van der Waals surface area contributed by atoms with Crippen molar-refractivity contribution >= 4 is 28.5 Å². The fraction of sp³-hybridized carbons (Fsp3) is 0.188. The Morgan fingerprint density at radius 1 is 1.24 bits per heavy atom. The first-order valence-electron chi connectivity index (χ1n) is 6.67. The van der Waals surface area contributed by atoms with Gasteiger partial charge in [0.25, 0.3) is 0 Å². The van der Waals surface area contributed by atoms with Crippen LogP contribution >= 0.6 is 11.8 Å². The summed E-state index contributed by atoms with van der Waals surface area (Å²) in [5, 5.41) is 0.888. The third-order valence-corrected chi connectivity index (χ3v) is 4.21. The number of benzene rings is 2. The predicted molar refractivity (Wildman–Crippen MR) is 87.8 cm³/mol. The molecule has 3 rings (SSSR count). The number of fused-ring (bicyclic) bond motifs is 1. The summed E-state index contributed by atoms with van der Waals surface area (Å²) in [6, 6.07) is 11.9. The van der Waals surface area contributed by atoms with Gasteiger partial charge in [0.2, 0.25) is 0 Å². The van der Waals surface area contributed by atoms with Crippen molar-refractivity contribution in [2.24, 2.45) is 0 Å². The fourth-order valence-electron chi connectivity index (χ4n) is 2.24. The van der Waals surface area contributed by atoms with Gasteiger partial charge in [-0.1, -0.05) is 29.5 Å². The van der Waals surface area contributed by atoms with E-state index in [1.807, 2.05) is 24.3 Å². The quantitative estimate of drug-likeness (QED) is 0.569. The Balaban J connectivity index is 1.81. The second kappa shape index (κ2) is 5.69. The molecule has 0 saturated carbocycles. The highest BCUT2D eigenvalue weighted by Gasteiger charge is 2.07. The van der Waals surface area contributed by atoms with Crippen LogP contribution in [0.25, 0.3) is 11.0 Å². The number of aromatic amines is 1. The van der Waals surface area contributed by atoms with Crippen LogP contribution in [0.4, 0.5) is 5.69 Å². The maximum absolute atomic E-state index is 5.78. The highest BCUT2D eigenvalue weighted by atomic mass is 32.2. The molecule has 0 aliphatic heterocycles. The first kappa shape index (κ1) is 13.8. The van der Waals surface area contributed by atoms with Crippen LogP contribution in [0.5, 0.6) is 5.75 Å². The zero-order valence-corrected chi connectivity index (χ0v) is 12.8. The minimum atomic E-state index is 0.739. The number of thioether (sulfide) groups is 1. The Hall–Kier alpha value is -2.14. The molecule has 2 aromatic carbocycles. The molecule has 0 radical (unpaired) electrons. The molecule has 0 spiro atoms. The average Bonchev–Trinajstić information content (AvgIpc) is 2.87. The molecule has 0 aliphatic rings. The zero-order chi connectivity index (χ0) is 14.8. The maximum Gasteiger partial charge on any atom is 0.166 e. The molecule has 4 nitrogen and oxygen atoms in total. The van der Waals surface area contributed by atoms with Crippen molar-refractivity contribution in [1.29, 1.82) is 0 Å². The number of aromatic nitrogens is 2. The molecule has 3 N–H and O–H groups in total. The summed E-state index contributed by atoms with van der Waals surface area (Å²) in [7, 11) is 1.70. The number of nitrogen functional groups attached to an aromatic ring is 1. The first-order chi connectivity index (χ1) is 10.2. The van der Waals surface area contributed by atoms with Crippen LogP contribution in [0, 0.1) is 6.92 Å². The van der Waals surface area contributed by atoms with Crippen LogP contribution in [0.2, 0.25) is 0 Å². The summed E-state index contributed by atoms with van der Waals surface area (Å²) >= 11 is 1.66. The van der Waals surface area contributed by atoms with Gasteiger partial charge in [-0.05, 0) is 31.2 Å². The number of aryl methyl sites for hydroxylation is 1. The van der Waals surface area contributed by atoms with Crippen molar-refractivity contribution in [1.82, 2.24) is 9.97 Å². The molecule has 108 valence electrons. The van der Waals surface area contributed by atoms with Crippen LogP contribution in [-0.2, 0) is 5.75 Å². The second-order valence-corrected chi connectivity index (χ2v) is 5.89. The number of nitrogens with one attached hydrogen (secondary N) is 1. The van der Waals surface area contributed by atoms with Crippen molar-refractivity contribution in [3.8, 4) is 5.75 Å². The van der Waals surface area contributed by atoms with Gasteiger partial charge in [0.15, 0.2) is 5.16 Å². The third-order valence-electron chi connectivity index (χ3n) is 3.28. The smallest absolute Gasteiger partial charge is 0.166 e. The summed E-state index contributed by atoms with van der Waals surface area (Å²) < 4.78 is 5.40. The average molecular weight is 299 g/mol. The lowest BCUT2D eigenvalue weighted by Crippen LogP contribution is -1.91. The van der Waals surface area contributed by atoms with Crippen molar-refractivity contribution in [2.45, 2.75) is 17.8 Å². The number of anilines is 1. The number of nitrogens with two attached hydrogens (primary N) is 1. The van der Waals surface area contributed by atoms with Gasteiger partial charge < -0.3 is 15.5 Å². The highest BCUT2D eigenvalue weighted by molar-refractivity contribution is 7.98. The summed E-state index contributed by atoms with van der Waals surface area (Å²) in [4.78, 5) is 7.85. The minimum absolute atomic E-state index is 0.739. The van der Waals surface area contributed by atoms with Gasteiger partial charge >= 0.3 is 0 Å². The monoisotopic (exact) mass is 299 g/mol. The SMILES string of the molecule is COc1ccc(C)cc1CSc1nc2ccc(N)cc2[nH]1. The van der Waals surface area contributed by atoms with Crippen LogP contribution in [0.3, 0.4) is 0 Å².